The molecule has 0 bridgehead atoms. The molecule has 0 aliphatic carbocycles. The molecule has 0 saturated carbocycles. The Hall–Kier alpha value is -0.900. The molecule has 1 aromatic carbocycles. The lowest BCUT2D eigenvalue weighted by Gasteiger charge is -2.34. The molecule has 0 atom stereocenters. The zero-order valence-electron chi connectivity index (χ0n) is 8.27. The highest BCUT2D eigenvalue weighted by molar-refractivity contribution is 5.16. The Kier molecular flexibility index (Phi) is 2.54. The van der Waals surface area contributed by atoms with E-state index in [0.29, 0.717) is 13.2 Å². The van der Waals surface area contributed by atoms with Crippen LogP contribution in [0, 0.1) is 0 Å². The summed E-state index contributed by atoms with van der Waals surface area (Å²) >= 11 is 0. The molecule has 1 aliphatic heterocycles. The van der Waals surface area contributed by atoms with Crippen LogP contribution in [0.2, 0.25) is 0 Å². The predicted molar refractivity (Wildman–Crippen MR) is 53.7 cm³/mol. The monoisotopic (exact) mass is 193 g/mol. The van der Waals surface area contributed by atoms with Gasteiger partial charge in [-0.3, -0.25) is 0 Å². The number of hydrogen-bond acceptors (Lipinski definition) is 3. The molecule has 0 spiro atoms. The first-order valence-electron chi connectivity index (χ1n) is 4.74. The second-order valence-electron chi connectivity index (χ2n) is 4.02. The molecule has 1 aliphatic rings. The summed E-state index contributed by atoms with van der Waals surface area (Å²) in [5, 5.41) is 0. The average Bonchev–Trinajstić information content (AvgIpc) is 2.19. The molecule has 3 nitrogen and oxygen atoms in total. The smallest absolute Gasteiger partial charge is 0.183 e. The van der Waals surface area contributed by atoms with Gasteiger partial charge in [0, 0.05) is 5.56 Å². The maximum atomic E-state index is 5.87. The van der Waals surface area contributed by atoms with Gasteiger partial charge in [0.15, 0.2) is 6.29 Å². The largest absolute Gasteiger partial charge is 0.346 e. The molecular weight excluding hydrogens is 178 g/mol. The zero-order valence-corrected chi connectivity index (χ0v) is 8.27. The number of nitrogens with two attached hydrogens (primary N) is 1. The summed E-state index contributed by atoms with van der Waals surface area (Å²) in [6, 6.07) is 9.89. The van der Waals surface area contributed by atoms with E-state index in [0.717, 1.165) is 5.56 Å². The number of hydrogen-bond donors (Lipinski definition) is 1. The van der Waals surface area contributed by atoms with Crippen LogP contribution >= 0.6 is 0 Å². The van der Waals surface area contributed by atoms with E-state index in [-0.39, 0.29) is 11.8 Å². The van der Waals surface area contributed by atoms with Crippen molar-refractivity contribution in [3.05, 3.63) is 35.9 Å². The van der Waals surface area contributed by atoms with Crippen LogP contribution in [0.1, 0.15) is 18.8 Å². The molecule has 0 unspecified atom stereocenters. The minimum absolute atomic E-state index is 0.257. The van der Waals surface area contributed by atoms with Gasteiger partial charge >= 0.3 is 0 Å². The fraction of sp³-hybridized carbons (Fsp3) is 0.455. The van der Waals surface area contributed by atoms with Gasteiger partial charge in [0.05, 0.1) is 18.8 Å². The maximum absolute atomic E-state index is 5.87. The SMILES string of the molecule is CC1(N)COC(c2ccccc2)OC1. The Morgan fingerprint density at radius 1 is 1.21 bits per heavy atom. The Morgan fingerprint density at radius 2 is 1.79 bits per heavy atom. The van der Waals surface area contributed by atoms with Gasteiger partial charge < -0.3 is 15.2 Å². The van der Waals surface area contributed by atoms with E-state index in [9.17, 15) is 0 Å². The van der Waals surface area contributed by atoms with Crippen molar-refractivity contribution in [2.75, 3.05) is 13.2 Å². The fourth-order valence-electron chi connectivity index (χ4n) is 1.42. The van der Waals surface area contributed by atoms with Crippen LogP contribution in [-0.4, -0.2) is 18.8 Å². The van der Waals surface area contributed by atoms with Crippen LogP contribution in [0.4, 0.5) is 0 Å². The van der Waals surface area contributed by atoms with E-state index in [1.807, 2.05) is 37.3 Å². The van der Waals surface area contributed by atoms with Crippen LogP contribution in [0.25, 0.3) is 0 Å². The molecule has 0 radical (unpaired) electrons. The van der Waals surface area contributed by atoms with Crippen molar-refractivity contribution in [1.82, 2.24) is 0 Å². The third kappa shape index (κ3) is 2.12. The molecule has 0 aromatic heterocycles. The van der Waals surface area contributed by atoms with Gasteiger partial charge in [0.25, 0.3) is 0 Å². The van der Waals surface area contributed by atoms with Crippen molar-refractivity contribution < 1.29 is 9.47 Å². The lowest BCUT2D eigenvalue weighted by atomic mass is 10.1. The Bertz CT molecular complexity index is 287. The Morgan fingerprint density at radius 3 is 2.36 bits per heavy atom. The van der Waals surface area contributed by atoms with Crippen molar-refractivity contribution in [2.24, 2.45) is 5.73 Å². The number of benzene rings is 1. The summed E-state index contributed by atoms with van der Waals surface area (Å²) in [5.74, 6) is 0. The summed E-state index contributed by atoms with van der Waals surface area (Å²) in [7, 11) is 0. The Balaban J connectivity index is 2.03. The van der Waals surface area contributed by atoms with Gasteiger partial charge in [-0.05, 0) is 6.92 Å². The molecule has 1 heterocycles. The van der Waals surface area contributed by atoms with Crippen LogP contribution in [0.5, 0.6) is 0 Å². The van der Waals surface area contributed by atoms with E-state index in [1.54, 1.807) is 0 Å². The molecule has 2 rings (SSSR count). The third-order valence-electron chi connectivity index (χ3n) is 2.20. The molecule has 0 amide bonds. The standard InChI is InChI=1S/C11H15NO2/c1-11(12)7-13-10(14-8-11)9-5-3-2-4-6-9/h2-6,10H,7-8,12H2,1H3. The first-order valence-corrected chi connectivity index (χ1v) is 4.74. The van der Waals surface area contributed by atoms with E-state index >= 15 is 0 Å². The van der Waals surface area contributed by atoms with Gasteiger partial charge in [-0.25, -0.2) is 0 Å². The molecule has 14 heavy (non-hydrogen) atoms. The fourth-order valence-corrected chi connectivity index (χ4v) is 1.42. The summed E-state index contributed by atoms with van der Waals surface area (Å²) in [4.78, 5) is 0. The van der Waals surface area contributed by atoms with Gasteiger partial charge in [-0.1, -0.05) is 30.3 Å². The van der Waals surface area contributed by atoms with Gasteiger partial charge in [0.2, 0.25) is 0 Å². The minimum Gasteiger partial charge on any atom is -0.346 e. The quantitative estimate of drug-likeness (QED) is 0.734. The maximum Gasteiger partial charge on any atom is 0.183 e. The second-order valence-corrected chi connectivity index (χ2v) is 4.02. The lowest BCUT2D eigenvalue weighted by Crippen LogP contribution is -2.49. The van der Waals surface area contributed by atoms with Gasteiger partial charge in [-0.15, -0.1) is 0 Å². The molecule has 1 fully saturated rings. The van der Waals surface area contributed by atoms with Gasteiger partial charge in [-0.2, -0.15) is 0 Å². The van der Waals surface area contributed by atoms with E-state index in [4.69, 9.17) is 15.2 Å². The third-order valence-corrected chi connectivity index (χ3v) is 2.20. The van der Waals surface area contributed by atoms with Crippen molar-refractivity contribution in [1.29, 1.82) is 0 Å². The van der Waals surface area contributed by atoms with Crippen molar-refractivity contribution >= 4 is 0 Å². The number of ether oxygens (including phenoxy) is 2. The summed E-state index contributed by atoms with van der Waals surface area (Å²) in [5.41, 5.74) is 6.56. The molecule has 76 valence electrons. The molecule has 1 saturated heterocycles. The predicted octanol–water partition coefficient (Wildman–Crippen LogP) is 1.45. The zero-order chi connectivity index (χ0) is 10.0. The van der Waals surface area contributed by atoms with Crippen molar-refractivity contribution in [3.8, 4) is 0 Å². The van der Waals surface area contributed by atoms with Crippen LogP contribution < -0.4 is 5.73 Å². The lowest BCUT2D eigenvalue weighted by molar-refractivity contribution is -0.208. The molecule has 2 N–H and O–H groups in total. The van der Waals surface area contributed by atoms with Crippen LogP contribution in [0.15, 0.2) is 30.3 Å². The van der Waals surface area contributed by atoms with Crippen LogP contribution in [-0.2, 0) is 9.47 Å². The van der Waals surface area contributed by atoms with Gasteiger partial charge in [0.1, 0.15) is 0 Å². The van der Waals surface area contributed by atoms with E-state index in [1.165, 1.54) is 0 Å². The minimum atomic E-state index is -0.356. The van der Waals surface area contributed by atoms with E-state index < -0.39 is 0 Å². The summed E-state index contributed by atoms with van der Waals surface area (Å²) in [6.07, 6.45) is -0.257. The first-order chi connectivity index (χ1) is 6.67. The highest BCUT2D eigenvalue weighted by atomic mass is 16.7. The summed E-state index contributed by atoms with van der Waals surface area (Å²) in [6.45, 7) is 2.99. The molecular formula is C11H15NO2. The molecule has 1 aromatic rings. The first kappa shape index (κ1) is 9.65. The van der Waals surface area contributed by atoms with Crippen molar-refractivity contribution in [3.63, 3.8) is 0 Å². The second kappa shape index (κ2) is 3.69. The Labute approximate surface area is 83.8 Å². The summed E-state index contributed by atoms with van der Waals surface area (Å²) < 4.78 is 11.1. The van der Waals surface area contributed by atoms with E-state index in [2.05, 4.69) is 0 Å². The van der Waals surface area contributed by atoms with Crippen LogP contribution in [0.3, 0.4) is 0 Å². The van der Waals surface area contributed by atoms with Crippen molar-refractivity contribution in [2.45, 2.75) is 18.8 Å². The highest BCUT2D eigenvalue weighted by Crippen LogP contribution is 2.25. The molecule has 3 heteroatoms. The normalized spacial score (nSPS) is 32.9. The average molecular weight is 193 g/mol. The highest BCUT2D eigenvalue weighted by Gasteiger charge is 2.29. The number of rotatable bonds is 1. The topological polar surface area (TPSA) is 44.5 Å².